The van der Waals surface area contributed by atoms with Gasteiger partial charge in [0.1, 0.15) is 24.6 Å². The van der Waals surface area contributed by atoms with Crippen LogP contribution in [0.4, 0.5) is 14.9 Å². The summed E-state index contributed by atoms with van der Waals surface area (Å²) in [6, 6.07) is 4.80. The molecule has 3 aliphatic rings. The zero-order chi connectivity index (χ0) is 34.1. The Balaban J connectivity index is 1.52. The van der Waals surface area contributed by atoms with E-state index < -0.39 is 30.1 Å². The molecule has 1 N–H and O–H groups in total. The second kappa shape index (κ2) is 17.1. The van der Waals surface area contributed by atoms with E-state index in [2.05, 4.69) is 4.90 Å². The molecule has 2 fully saturated rings. The lowest BCUT2D eigenvalue weighted by molar-refractivity contribution is -0.151. The Bertz CT molecular complexity index is 1290. The highest BCUT2D eigenvalue weighted by Crippen LogP contribution is 2.28. The van der Waals surface area contributed by atoms with Gasteiger partial charge in [-0.25, -0.2) is 9.18 Å². The third-order valence-corrected chi connectivity index (χ3v) is 9.27. The normalized spacial score (nSPS) is 27.8. The molecule has 0 aromatic heterocycles. The fraction of sp³-hybridized carbons (Fsp3) is 0.629. The summed E-state index contributed by atoms with van der Waals surface area (Å²) in [5.74, 6) is -1.37. The van der Waals surface area contributed by atoms with Crippen LogP contribution in [-0.4, -0.2) is 129 Å². The van der Waals surface area contributed by atoms with Crippen molar-refractivity contribution in [3.63, 3.8) is 0 Å². The van der Waals surface area contributed by atoms with Gasteiger partial charge in [-0.3, -0.25) is 9.59 Å². The number of hydrogen-bond acceptors (Lipinski definition) is 9. The Morgan fingerprint density at radius 1 is 1.00 bits per heavy atom. The molecule has 4 rings (SSSR count). The van der Waals surface area contributed by atoms with Crippen molar-refractivity contribution in [2.75, 3.05) is 78.0 Å². The van der Waals surface area contributed by atoms with Crippen LogP contribution in [0, 0.1) is 17.7 Å². The predicted octanol–water partition coefficient (Wildman–Crippen LogP) is 3.56. The maximum atomic E-state index is 14.9. The van der Waals surface area contributed by atoms with Crippen molar-refractivity contribution >= 4 is 29.7 Å². The first-order valence-corrected chi connectivity index (χ1v) is 16.6. The summed E-state index contributed by atoms with van der Waals surface area (Å²) in [6.07, 6.45) is 3.90. The quantitative estimate of drug-likeness (QED) is 0.362. The minimum absolute atomic E-state index is 0.0357. The number of esters is 1. The van der Waals surface area contributed by atoms with Gasteiger partial charge in [-0.1, -0.05) is 26.0 Å². The molecule has 2 amide bonds. The molecule has 2 saturated heterocycles. The van der Waals surface area contributed by atoms with E-state index in [9.17, 15) is 23.9 Å². The number of methoxy groups -OCH3 is 1. The molecule has 12 heteroatoms. The predicted molar refractivity (Wildman–Crippen MR) is 177 cm³/mol. The van der Waals surface area contributed by atoms with E-state index in [0.717, 1.165) is 13.1 Å². The number of nitrogens with zero attached hydrogens (tertiary/aromatic N) is 4. The number of aliphatic hydroxyl groups excluding tert-OH is 1. The smallest absolute Gasteiger partial charge is 0.410 e. The van der Waals surface area contributed by atoms with E-state index in [0.29, 0.717) is 68.9 Å². The molecule has 0 radical (unpaired) electrons. The van der Waals surface area contributed by atoms with Gasteiger partial charge in [0.25, 0.3) is 0 Å². The van der Waals surface area contributed by atoms with Crippen molar-refractivity contribution in [1.29, 1.82) is 0 Å². The van der Waals surface area contributed by atoms with Gasteiger partial charge in [-0.2, -0.15) is 0 Å². The van der Waals surface area contributed by atoms with Gasteiger partial charge >= 0.3 is 12.1 Å². The number of aliphatic hydroxyl groups is 1. The Kier molecular flexibility index (Phi) is 13.2. The Morgan fingerprint density at radius 2 is 1.68 bits per heavy atom. The molecule has 0 bridgehead atoms. The first kappa shape index (κ1) is 36.4. The third kappa shape index (κ3) is 10.5. The largest absolute Gasteiger partial charge is 0.457 e. The van der Waals surface area contributed by atoms with Crippen LogP contribution in [0.3, 0.4) is 0 Å². The standard InChI is InChI=1S/C35H51FN4O7/c1-24-6-8-30(41)22-33(43)47-34(25(2)7-9-31(24)46-35(44)40-12-10-37(4)11-13-40)26(3)18-27-19-28(36)21-29(20-27)38-14-16-39(17-15-38)32(42)23-45-5/h7,9,18-21,24-25,30-31,34,41H,6,8,10-17,22-23H2,1-5H3/b9-7+,26-18+/t24-,25+,30+,31-,34+/m1/s1. The molecular weight excluding hydrogens is 607 g/mol. The number of benzene rings is 1. The Morgan fingerprint density at radius 3 is 2.36 bits per heavy atom. The van der Waals surface area contributed by atoms with Crippen LogP contribution in [0.25, 0.3) is 6.08 Å². The number of piperazine rings is 2. The van der Waals surface area contributed by atoms with Gasteiger partial charge in [0, 0.05) is 71.1 Å². The molecule has 1 aromatic carbocycles. The maximum Gasteiger partial charge on any atom is 0.410 e. The highest BCUT2D eigenvalue weighted by molar-refractivity contribution is 5.78. The van der Waals surface area contributed by atoms with Crippen LogP contribution >= 0.6 is 0 Å². The van der Waals surface area contributed by atoms with Crippen molar-refractivity contribution < 1.29 is 38.1 Å². The molecule has 1 aromatic rings. The van der Waals surface area contributed by atoms with E-state index in [-0.39, 0.29) is 36.9 Å². The molecule has 0 spiro atoms. The Labute approximate surface area is 277 Å². The van der Waals surface area contributed by atoms with Crippen LogP contribution < -0.4 is 4.90 Å². The summed E-state index contributed by atoms with van der Waals surface area (Å²) in [6.45, 7) is 10.7. The third-order valence-electron chi connectivity index (χ3n) is 9.27. The molecule has 0 unspecified atom stereocenters. The number of cyclic esters (lactones) is 1. The number of carbonyl (C=O) groups excluding carboxylic acids is 3. The molecule has 0 saturated carbocycles. The van der Waals surface area contributed by atoms with Crippen LogP contribution in [0.15, 0.2) is 35.9 Å². The molecule has 3 aliphatic heterocycles. The SMILES string of the molecule is COCC(=O)N1CCN(c2cc(F)cc(/C=C(\C)[C@H]3OC(=O)C[C@@H](O)CC[C@@H](C)[C@H](OC(=O)N4CCN(C)CC4)/C=C/[C@@H]3C)c2)CC1. The number of amides is 2. The number of ether oxygens (including phenoxy) is 3. The number of hydrogen-bond donors (Lipinski definition) is 1. The van der Waals surface area contributed by atoms with E-state index in [1.54, 1.807) is 9.80 Å². The molecule has 0 aliphatic carbocycles. The summed E-state index contributed by atoms with van der Waals surface area (Å²) < 4.78 is 31.8. The Hall–Kier alpha value is -3.48. The molecule has 3 heterocycles. The molecular formula is C35H51FN4O7. The van der Waals surface area contributed by atoms with Gasteiger partial charge in [0.2, 0.25) is 5.91 Å². The van der Waals surface area contributed by atoms with Crippen molar-refractivity contribution in [3.05, 3.63) is 47.3 Å². The van der Waals surface area contributed by atoms with Crippen LogP contribution in [-0.2, 0) is 23.8 Å². The second-order valence-corrected chi connectivity index (χ2v) is 13.1. The molecule has 5 atom stereocenters. The minimum atomic E-state index is -0.890. The van der Waals surface area contributed by atoms with E-state index in [4.69, 9.17) is 14.2 Å². The number of rotatable bonds is 6. The number of halogens is 1. The zero-order valence-corrected chi connectivity index (χ0v) is 28.4. The fourth-order valence-corrected chi connectivity index (χ4v) is 6.27. The highest BCUT2D eigenvalue weighted by Gasteiger charge is 2.29. The molecule has 47 heavy (non-hydrogen) atoms. The topological polar surface area (TPSA) is 112 Å². The monoisotopic (exact) mass is 658 g/mol. The lowest BCUT2D eigenvalue weighted by atomic mass is 9.91. The van der Waals surface area contributed by atoms with Crippen molar-refractivity contribution in [1.82, 2.24) is 14.7 Å². The van der Waals surface area contributed by atoms with Crippen molar-refractivity contribution in [3.8, 4) is 0 Å². The van der Waals surface area contributed by atoms with Crippen molar-refractivity contribution in [2.24, 2.45) is 11.8 Å². The summed E-state index contributed by atoms with van der Waals surface area (Å²) in [7, 11) is 3.52. The highest BCUT2D eigenvalue weighted by atomic mass is 19.1. The number of anilines is 1. The number of carbonyl (C=O) groups is 3. The van der Waals surface area contributed by atoms with E-state index in [1.807, 2.05) is 57.0 Å². The zero-order valence-electron chi connectivity index (χ0n) is 28.4. The lowest BCUT2D eigenvalue weighted by Crippen LogP contribution is -2.49. The molecule has 11 nitrogen and oxygen atoms in total. The second-order valence-electron chi connectivity index (χ2n) is 13.1. The number of likely N-dealkylation sites (N-methyl/N-ethyl adjacent to an activating group) is 1. The van der Waals surface area contributed by atoms with Gasteiger partial charge < -0.3 is 38.9 Å². The van der Waals surface area contributed by atoms with Gasteiger partial charge in [-0.05, 0) is 68.1 Å². The first-order chi connectivity index (χ1) is 22.4. The van der Waals surface area contributed by atoms with E-state index in [1.165, 1.54) is 19.2 Å². The molecule has 260 valence electrons. The van der Waals surface area contributed by atoms with Gasteiger partial charge in [0.15, 0.2) is 0 Å². The summed E-state index contributed by atoms with van der Waals surface area (Å²) in [4.78, 5) is 45.9. The van der Waals surface area contributed by atoms with E-state index >= 15 is 0 Å². The van der Waals surface area contributed by atoms with Crippen LogP contribution in [0.5, 0.6) is 0 Å². The first-order valence-electron chi connectivity index (χ1n) is 16.6. The summed E-state index contributed by atoms with van der Waals surface area (Å²) in [5.41, 5.74) is 2.02. The van der Waals surface area contributed by atoms with Crippen LogP contribution in [0.1, 0.15) is 45.6 Å². The summed E-state index contributed by atoms with van der Waals surface area (Å²) in [5, 5.41) is 10.6. The minimum Gasteiger partial charge on any atom is -0.457 e. The maximum absolute atomic E-state index is 14.9. The van der Waals surface area contributed by atoms with Gasteiger partial charge in [0.05, 0.1) is 12.5 Å². The average molecular weight is 659 g/mol. The van der Waals surface area contributed by atoms with Crippen LogP contribution in [0.2, 0.25) is 0 Å². The summed E-state index contributed by atoms with van der Waals surface area (Å²) >= 11 is 0. The lowest BCUT2D eigenvalue weighted by Gasteiger charge is -2.36. The average Bonchev–Trinajstić information content (AvgIpc) is 3.03. The van der Waals surface area contributed by atoms with Gasteiger partial charge in [-0.15, -0.1) is 0 Å². The van der Waals surface area contributed by atoms with Crippen molar-refractivity contribution in [2.45, 2.75) is 58.3 Å². The fourth-order valence-electron chi connectivity index (χ4n) is 6.27.